The van der Waals surface area contributed by atoms with Crippen LogP contribution in [-0.4, -0.2) is 23.2 Å². The van der Waals surface area contributed by atoms with E-state index >= 15 is 0 Å². The van der Waals surface area contributed by atoms with E-state index in [1.165, 1.54) is 11.1 Å². The molecule has 0 aliphatic carbocycles. The number of carboxylic acid groups (broad SMARTS) is 1. The van der Waals surface area contributed by atoms with Crippen LogP contribution in [0.3, 0.4) is 0 Å². The van der Waals surface area contributed by atoms with Crippen LogP contribution in [0.2, 0.25) is 0 Å². The fourth-order valence-corrected chi connectivity index (χ4v) is 2.24. The van der Waals surface area contributed by atoms with Gasteiger partial charge in [-0.15, -0.1) is 0 Å². The molecule has 2 unspecified atom stereocenters. The van der Waals surface area contributed by atoms with Gasteiger partial charge in [0.2, 0.25) is 0 Å². The monoisotopic (exact) mass is 277 g/mol. The molecule has 3 nitrogen and oxygen atoms in total. The van der Waals surface area contributed by atoms with Crippen molar-refractivity contribution < 1.29 is 9.90 Å². The topological polar surface area (TPSA) is 49.3 Å². The quantitative estimate of drug-likeness (QED) is 0.763. The van der Waals surface area contributed by atoms with Crippen LogP contribution in [0, 0.1) is 0 Å². The molecule has 0 radical (unpaired) electrons. The zero-order chi connectivity index (χ0) is 15.1. The molecule has 1 rings (SSSR count). The van der Waals surface area contributed by atoms with Gasteiger partial charge in [0.25, 0.3) is 0 Å². The normalized spacial score (nSPS) is 14.2. The van der Waals surface area contributed by atoms with Gasteiger partial charge in [-0.2, -0.15) is 0 Å². The van der Waals surface area contributed by atoms with Gasteiger partial charge in [-0.05, 0) is 36.8 Å². The lowest BCUT2D eigenvalue weighted by atomic mass is 9.97. The predicted molar refractivity (Wildman–Crippen MR) is 83.2 cm³/mol. The van der Waals surface area contributed by atoms with E-state index < -0.39 is 5.97 Å². The number of carbonyl (C=O) groups is 1. The van der Waals surface area contributed by atoms with E-state index in [0.717, 1.165) is 12.8 Å². The SMILES string of the molecule is CCC(C)NC(CC(=O)O)Cc1ccc(C(C)C)cc1. The van der Waals surface area contributed by atoms with Gasteiger partial charge < -0.3 is 10.4 Å². The number of aliphatic carboxylic acids is 1. The van der Waals surface area contributed by atoms with Crippen LogP contribution in [0.4, 0.5) is 0 Å². The van der Waals surface area contributed by atoms with Gasteiger partial charge in [0.15, 0.2) is 0 Å². The zero-order valence-electron chi connectivity index (χ0n) is 13.0. The van der Waals surface area contributed by atoms with E-state index in [4.69, 9.17) is 5.11 Å². The third-order valence-corrected chi connectivity index (χ3v) is 3.68. The van der Waals surface area contributed by atoms with Crippen molar-refractivity contribution in [1.82, 2.24) is 5.32 Å². The van der Waals surface area contributed by atoms with Gasteiger partial charge in [0.05, 0.1) is 6.42 Å². The first-order valence-electron chi connectivity index (χ1n) is 7.49. The van der Waals surface area contributed by atoms with E-state index in [9.17, 15) is 4.79 Å². The summed E-state index contributed by atoms with van der Waals surface area (Å²) in [5.74, 6) is -0.221. The fraction of sp³-hybridized carbons (Fsp3) is 0.588. The summed E-state index contributed by atoms with van der Waals surface area (Å²) < 4.78 is 0. The molecule has 0 heterocycles. The Morgan fingerprint density at radius 2 is 1.80 bits per heavy atom. The van der Waals surface area contributed by atoms with Crippen LogP contribution in [0.5, 0.6) is 0 Å². The van der Waals surface area contributed by atoms with Crippen molar-refractivity contribution in [3.05, 3.63) is 35.4 Å². The molecular weight excluding hydrogens is 250 g/mol. The molecule has 2 atom stereocenters. The second-order valence-corrected chi connectivity index (χ2v) is 5.87. The van der Waals surface area contributed by atoms with Crippen molar-refractivity contribution in [1.29, 1.82) is 0 Å². The molecule has 0 spiro atoms. The highest BCUT2D eigenvalue weighted by Gasteiger charge is 2.15. The Labute approximate surface area is 122 Å². The second kappa shape index (κ2) is 8.05. The van der Waals surface area contributed by atoms with Gasteiger partial charge in [-0.1, -0.05) is 45.0 Å². The minimum absolute atomic E-state index is 0.00708. The van der Waals surface area contributed by atoms with Gasteiger partial charge in [0.1, 0.15) is 0 Å². The first-order chi connectivity index (χ1) is 9.42. The summed E-state index contributed by atoms with van der Waals surface area (Å²) in [6.07, 6.45) is 1.92. The summed E-state index contributed by atoms with van der Waals surface area (Å²) in [6.45, 7) is 8.54. The first-order valence-corrected chi connectivity index (χ1v) is 7.49. The third-order valence-electron chi connectivity index (χ3n) is 3.68. The molecule has 0 amide bonds. The first kappa shape index (κ1) is 16.7. The molecule has 0 aliphatic heterocycles. The second-order valence-electron chi connectivity index (χ2n) is 5.87. The lowest BCUT2D eigenvalue weighted by Crippen LogP contribution is -2.39. The van der Waals surface area contributed by atoms with Crippen LogP contribution in [0.15, 0.2) is 24.3 Å². The van der Waals surface area contributed by atoms with E-state index in [1.54, 1.807) is 0 Å². The summed E-state index contributed by atoms with van der Waals surface area (Å²) in [5.41, 5.74) is 2.51. The number of hydrogen-bond donors (Lipinski definition) is 2. The lowest BCUT2D eigenvalue weighted by Gasteiger charge is -2.21. The van der Waals surface area contributed by atoms with Crippen LogP contribution in [-0.2, 0) is 11.2 Å². The summed E-state index contributed by atoms with van der Waals surface area (Å²) in [7, 11) is 0. The highest BCUT2D eigenvalue weighted by Crippen LogP contribution is 2.16. The van der Waals surface area contributed by atoms with Crippen LogP contribution < -0.4 is 5.32 Å². The zero-order valence-corrected chi connectivity index (χ0v) is 13.0. The molecule has 1 aromatic rings. The average Bonchev–Trinajstić information content (AvgIpc) is 2.38. The number of rotatable bonds is 8. The minimum Gasteiger partial charge on any atom is -0.481 e. The molecule has 0 aromatic heterocycles. The Morgan fingerprint density at radius 3 is 2.25 bits per heavy atom. The Balaban J connectivity index is 2.70. The Kier molecular flexibility index (Phi) is 6.73. The lowest BCUT2D eigenvalue weighted by molar-refractivity contribution is -0.137. The Hall–Kier alpha value is -1.35. The highest BCUT2D eigenvalue weighted by atomic mass is 16.4. The van der Waals surface area contributed by atoms with Gasteiger partial charge in [-0.3, -0.25) is 4.79 Å². The maximum absolute atomic E-state index is 11.0. The number of nitrogens with one attached hydrogen (secondary N) is 1. The van der Waals surface area contributed by atoms with Crippen molar-refractivity contribution in [2.24, 2.45) is 0 Å². The molecule has 0 saturated heterocycles. The van der Waals surface area contributed by atoms with Crippen molar-refractivity contribution in [3.8, 4) is 0 Å². The Bertz CT molecular complexity index is 412. The number of hydrogen-bond acceptors (Lipinski definition) is 2. The molecular formula is C17H27NO2. The maximum atomic E-state index is 11.0. The molecule has 1 aromatic carbocycles. The number of benzene rings is 1. The van der Waals surface area contributed by atoms with Crippen molar-refractivity contribution in [3.63, 3.8) is 0 Å². The van der Waals surface area contributed by atoms with Gasteiger partial charge in [-0.25, -0.2) is 0 Å². The van der Waals surface area contributed by atoms with Crippen LogP contribution >= 0.6 is 0 Å². The van der Waals surface area contributed by atoms with Crippen molar-refractivity contribution >= 4 is 5.97 Å². The van der Waals surface area contributed by atoms with Crippen molar-refractivity contribution in [2.75, 3.05) is 0 Å². The third kappa shape index (κ3) is 5.74. The summed E-state index contributed by atoms with van der Waals surface area (Å²) in [6, 6.07) is 8.84. The maximum Gasteiger partial charge on any atom is 0.304 e. The smallest absolute Gasteiger partial charge is 0.304 e. The molecule has 112 valence electrons. The average molecular weight is 277 g/mol. The molecule has 0 fully saturated rings. The Morgan fingerprint density at radius 1 is 1.20 bits per heavy atom. The van der Waals surface area contributed by atoms with E-state index in [2.05, 4.69) is 57.3 Å². The van der Waals surface area contributed by atoms with Gasteiger partial charge >= 0.3 is 5.97 Å². The summed E-state index contributed by atoms with van der Waals surface area (Å²) in [4.78, 5) is 11.0. The molecule has 2 N–H and O–H groups in total. The van der Waals surface area contributed by atoms with Crippen LogP contribution in [0.25, 0.3) is 0 Å². The van der Waals surface area contributed by atoms with E-state index in [-0.39, 0.29) is 12.5 Å². The molecule has 0 aliphatic rings. The van der Waals surface area contributed by atoms with E-state index in [1.807, 2.05) is 0 Å². The molecule has 0 bridgehead atoms. The summed E-state index contributed by atoms with van der Waals surface area (Å²) >= 11 is 0. The standard InChI is InChI=1S/C17H27NO2/c1-5-13(4)18-16(11-17(19)20)10-14-6-8-15(9-7-14)12(2)3/h6-9,12-13,16,18H,5,10-11H2,1-4H3,(H,19,20). The van der Waals surface area contributed by atoms with Crippen LogP contribution in [0.1, 0.15) is 57.6 Å². The predicted octanol–water partition coefficient (Wildman–Crippen LogP) is 3.58. The fourth-order valence-electron chi connectivity index (χ4n) is 2.24. The van der Waals surface area contributed by atoms with Crippen molar-refractivity contribution in [2.45, 2.75) is 65.0 Å². The van der Waals surface area contributed by atoms with E-state index in [0.29, 0.717) is 12.0 Å². The summed E-state index contributed by atoms with van der Waals surface area (Å²) in [5, 5.41) is 12.4. The molecule has 20 heavy (non-hydrogen) atoms. The largest absolute Gasteiger partial charge is 0.481 e. The number of carboxylic acids is 1. The van der Waals surface area contributed by atoms with Gasteiger partial charge in [0, 0.05) is 12.1 Å². The molecule has 3 heteroatoms. The highest BCUT2D eigenvalue weighted by molar-refractivity contribution is 5.67. The minimum atomic E-state index is -0.746. The molecule has 0 saturated carbocycles.